The van der Waals surface area contributed by atoms with Gasteiger partial charge in [-0.15, -0.1) is 0 Å². The second-order valence-corrected chi connectivity index (χ2v) is 6.03. The summed E-state index contributed by atoms with van der Waals surface area (Å²) in [6.45, 7) is 1.95. The van der Waals surface area contributed by atoms with Crippen LogP contribution < -0.4 is 4.74 Å². The number of aliphatic hydroxyl groups excluding tert-OH is 1. The fourth-order valence-corrected chi connectivity index (χ4v) is 3.10. The van der Waals surface area contributed by atoms with E-state index in [9.17, 15) is 5.11 Å². The molecule has 1 N–H and O–H groups in total. The normalized spacial score (nSPS) is 21.6. The van der Waals surface area contributed by atoms with Crippen LogP contribution >= 0.6 is 0 Å². The molecule has 0 aliphatic heterocycles. The molecule has 21 heavy (non-hydrogen) atoms. The van der Waals surface area contributed by atoms with Crippen molar-refractivity contribution < 1.29 is 14.6 Å². The van der Waals surface area contributed by atoms with Gasteiger partial charge in [-0.2, -0.15) is 0 Å². The molecule has 2 atom stereocenters. The van der Waals surface area contributed by atoms with E-state index >= 15 is 0 Å². The fraction of sp³-hybridized carbons (Fsp3) is 0.667. The Kier molecular flexibility index (Phi) is 7.04. The molecule has 118 valence electrons. The van der Waals surface area contributed by atoms with Gasteiger partial charge in [-0.05, 0) is 68.1 Å². The number of hydrogen-bond donors (Lipinski definition) is 1. The lowest BCUT2D eigenvalue weighted by Crippen LogP contribution is -2.01. The van der Waals surface area contributed by atoms with Gasteiger partial charge in [0.2, 0.25) is 0 Å². The van der Waals surface area contributed by atoms with Gasteiger partial charge in [-0.3, -0.25) is 0 Å². The molecule has 1 aromatic carbocycles. The topological polar surface area (TPSA) is 38.7 Å². The Morgan fingerprint density at radius 3 is 2.48 bits per heavy atom. The minimum absolute atomic E-state index is 0.334. The third-order valence-corrected chi connectivity index (χ3v) is 4.41. The van der Waals surface area contributed by atoms with Gasteiger partial charge < -0.3 is 14.6 Å². The van der Waals surface area contributed by atoms with Gasteiger partial charge in [0.1, 0.15) is 5.75 Å². The number of hydrogen-bond acceptors (Lipinski definition) is 3. The maximum absolute atomic E-state index is 9.22. The monoisotopic (exact) mass is 292 g/mol. The first-order valence-electron chi connectivity index (χ1n) is 8.16. The number of methoxy groups -OCH3 is 1. The highest BCUT2D eigenvalue weighted by molar-refractivity contribution is 5.30. The molecular formula is C18H28O3. The molecule has 1 fully saturated rings. The van der Waals surface area contributed by atoms with Crippen LogP contribution in [0.2, 0.25) is 0 Å². The summed E-state index contributed by atoms with van der Waals surface area (Å²) in [5.41, 5.74) is 1.39. The maximum Gasteiger partial charge on any atom is 0.119 e. The molecule has 1 aromatic rings. The number of rotatable bonds is 9. The van der Waals surface area contributed by atoms with Crippen LogP contribution in [0, 0.1) is 5.92 Å². The molecule has 0 bridgehead atoms. The molecule has 2 unspecified atom stereocenters. The first kappa shape index (κ1) is 16.3. The molecule has 1 saturated carbocycles. The third kappa shape index (κ3) is 5.33. The highest BCUT2D eigenvalue weighted by atomic mass is 16.5. The summed E-state index contributed by atoms with van der Waals surface area (Å²) in [5, 5.41) is 9.22. The Hall–Kier alpha value is -1.06. The molecule has 2 rings (SSSR count). The van der Waals surface area contributed by atoms with Crippen molar-refractivity contribution in [1.29, 1.82) is 0 Å². The van der Waals surface area contributed by atoms with Crippen LogP contribution in [0.5, 0.6) is 5.75 Å². The lowest BCUT2D eigenvalue weighted by molar-refractivity contribution is 0.189. The second kappa shape index (κ2) is 9.06. The summed E-state index contributed by atoms with van der Waals surface area (Å²) in [4.78, 5) is 0. The fourth-order valence-electron chi connectivity index (χ4n) is 3.10. The molecule has 0 spiro atoms. The van der Waals surface area contributed by atoms with Crippen LogP contribution in [0.1, 0.15) is 50.0 Å². The van der Waals surface area contributed by atoms with E-state index in [2.05, 4.69) is 24.3 Å². The van der Waals surface area contributed by atoms with Crippen molar-refractivity contribution in [2.75, 3.05) is 26.9 Å². The van der Waals surface area contributed by atoms with Gasteiger partial charge in [0.15, 0.2) is 0 Å². The predicted molar refractivity (Wildman–Crippen MR) is 84.8 cm³/mol. The second-order valence-electron chi connectivity index (χ2n) is 6.03. The van der Waals surface area contributed by atoms with Crippen LogP contribution in [0.3, 0.4) is 0 Å². The molecule has 0 amide bonds. The summed E-state index contributed by atoms with van der Waals surface area (Å²) in [5.74, 6) is 2.07. The minimum atomic E-state index is 0.334. The van der Waals surface area contributed by atoms with Crippen molar-refractivity contribution in [1.82, 2.24) is 0 Å². The van der Waals surface area contributed by atoms with Gasteiger partial charge in [0.05, 0.1) is 6.61 Å². The molecule has 0 heterocycles. The van der Waals surface area contributed by atoms with Crippen molar-refractivity contribution in [2.45, 2.75) is 44.4 Å². The summed E-state index contributed by atoms with van der Waals surface area (Å²) < 4.78 is 10.8. The Balaban J connectivity index is 1.70. The zero-order valence-electron chi connectivity index (χ0n) is 13.1. The zero-order chi connectivity index (χ0) is 14.9. The molecule has 1 aliphatic rings. The van der Waals surface area contributed by atoms with Crippen molar-refractivity contribution in [3.05, 3.63) is 29.8 Å². The Morgan fingerprint density at radius 1 is 1.05 bits per heavy atom. The maximum atomic E-state index is 9.22. The lowest BCUT2D eigenvalue weighted by atomic mass is 9.96. The molecule has 3 heteroatoms. The first-order valence-corrected chi connectivity index (χ1v) is 8.16. The van der Waals surface area contributed by atoms with Gasteiger partial charge in [-0.25, -0.2) is 0 Å². The van der Waals surface area contributed by atoms with Crippen LogP contribution in [0.15, 0.2) is 24.3 Å². The standard InChI is InChI=1S/C18H28O3/c1-20-11-3-2-4-12-21-18-9-7-16(8-10-18)17-6-5-15(13-17)14-19/h7-10,15,17,19H,2-6,11-14H2,1H3. The quantitative estimate of drug-likeness (QED) is 0.704. The van der Waals surface area contributed by atoms with Gasteiger partial charge in [-0.1, -0.05) is 12.1 Å². The summed E-state index contributed by atoms with van der Waals surface area (Å²) in [6.07, 6.45) is 6.80. The number of benzene rings is 1. The highest BCUT2D eigenvalue weighted by Gasteiger charge is 2.25. The van der Waals surface area contributed by atoms with E-state index in [-0.39, 0.29) is 0 Å². The Bertz CT molecular complexity index is 388. The average molecular weight is 292 g/mol. The Morgan fingerprint density at radius 2 is 1.81 bits per heavy atom. The highest BCUT2D eigenvalue weighted by Crippen LogP contribution is 2.38. The van der Waals surface area contributed by atoms with Crippen LogP contribution in [0.4, 0.5) is 0 Å². The Labute approximate surface area is 128 Å². The third-order valence-electron chi connectivity index (χ3n) is 4.41. The van der Waals surface area contributed by atoms with Crippen molar-refractivity contribution in [2.24, 2.45) is 5.92 Å². The van der Waals surface area contributed by atoms with Crippen LogP contribution in [-0.4, -0.2) is 32.0 Å². The zero-order valence-corrected chi connectivity index (χ0v) is 13.1. The molecular weight excluding hydrogens is 264 g/mol. The smallest absolute Gasteiger partial charge is 0.119 e. The lowest BCUT2D eigenvalue weighted by Gasteiger charge is -2.12. The van der Waals surface area contributed by atoms with Crippen LogP contribution in [-0.2, 0) is 4.74 Å². The SMILES string of the molecule is COCCCCCOc1ccc(C2CCC(CO)C2)cc1. The minimum Gasteiger partial charge on any atom is -0.494 e. The number of unbranched alkanes of at least 4 members (excludes halogenated alkanes) is 2. The molecule has 0 saturated heterocycles. The van der Waals surface area contributed by atoms with Crippen molar-refractivity contribution >= 4 is 0 Å². The van der Waals surface area contributed by atoms with Crippen molar-refractivity contribution in [3.63, 3.8) is 0 Å². The largest absolute Gasteiger partial charge is 0.494 e. The predicted octanol–water partition coefficient (Wildman–Crippen LogP) is 3.76. The average Bonchev–Trinajstić information content (AvgIpc) is 3.00. The van der Waals surface area contributed by atoms with E-state index < -0.39 is 0 Å². The summed E-state index contributed by atoms with van der Waals surface area (Å²) in [6, 6.07) is 8.53. The van der Waals surface area contributed by atoms with E-state index in [1.54, 1.807) is 7.11 Å². The molecule has 0 radical (unpaired) electrons. The van der Waals surface area contributed by atoms with Gasteiger partial charge >= 0.3 is 0 Å². The van der Waals surface area contributed by atoms with Crippen molar-refractivity contribution in [3.8, 4) is 5.75 Å². The van der Waals surface area contributed by atoms with Crippen LogP contribution in [0.25, 0.3) is 0 Å². The van der Waals surface area contributed by atoms with E-state index in [1.807, 2.05) is 0 Å². The first-order chi connectivity index (χ1) is 10.3. The molecule has 1 aliphatic carbocycles. The van der Waals surface area contributed by atoms with E-state index in [4.69, 9.17) is 9.47 Å². The van der Waals surface area contributed by atoms with E-state index in [1.165, 1.54) is 12.0 Å². The number of ether oxygens (including phenoxy) is 2. The number of aliphatic hydroxyl groups is 1. The van der Waals surface area contributed by atoms with E-state index in [0.29, 0.717) is 18.4 Å². The van der Waals surface area contributed by atoms with Gasteiger partial charge in [0.25, 0.3) is 0 Å². The summed E-state index contributed by atoms with van der Waals surface area (Å²) >= 11 is 0. The van der Waals surface area contributed by atoms with E-state index in [0.717, 1.165) is 51.1 Å². The van der Waals surface area contributed by atoms with Gasteiger partial charge in [0, 0.05) is 20.3 Å². The summed E-state index contributed by atoms with van der Waals surface area (Å²) in [7, 11) is 1.74. The molecule has 3 nitrogen and oxygen atoms in total. The molecule has 0 aromatic heterocycles.